The van der Waals surface area contributed by atoms with E-state index in [1.54, 1.807) is 0 Å². The van der Waals surface area contributed by atoms with E-state index in [1.165, 1.54) is 51.4 Å². The largest absolute Gasteiger partial charge is 0.453 e. The topological polar surface area (TPSA) is 9.23 Å². The Bertz CT molecular complexity index is 229. The minimum atomic E-state index is -1.14. The maximum Gasteiger partial charge on any atom is 0.190 e. The molecule has 2 aliphatic carbocycles. The van der Waals surface area contributed by atoms with Gasteiger partial charge in [0.1, 0.15) is 0 Å². The molecule has 2 rings (SSSR count). The fourth-order valence-electron chi connectivity index (χ4n) is 3.47. The Labute approximate surface area is 109 Å². The van der Waals surface area contributed by atoms with Gasteiger partial charge >= 0.3 is 0 Å². The Hall–Kier alpha value is -0.126. The molecule has 0 aliphatic heterocycles. The van der Waals surface area contributed by atoms with E-state index in [2.05, 4.69) is 24.6 Å². The molecule has 0 N–H and O–H groups in total. The molecule has 2 unspecified atom stereocenters. The van der Waals surface area contributed by atoms with Gasteiger partial charge in [-0.25, -0.2) is 0 Å². The first-order valence-electron chi connectivity index (χ1n) is 7.25. The van der Waals surface area contributed by atoms with Gasteiger partial charge in [0.2, 0.25) is 0 Å². The lowest BCUT2D eigenvalue weighted by Crippen LogP contribution is -2.32. The highest BCUT2D eigenvalue weighted by molar-refractivity contribution is 6.72. The predicted molar refractivity (Wildman–Crippen MR) is 80.2 cm³/mol. The molecule has 0 amide bonds. The van der Waals surface area contributed by atoms with Crippen LogP contribution in [0.3, 0.4) is 0 Å². The summed E-state index contributed by atoms with van der Waals surface area (Å²) in [6, 6.07) is 0. The first-order valence-corrected chi connectivity index (χ1v) is 10.9. The van der Waals surface area contributed by atoms with Crippen LogP contribution in [0.1, 0.15) is 51.4 Å². The summed E-state index contributed by atoms with van der Waals surface area (Å²) in [5, 5.41) is 0. The zero-order chi connectivity index (χ0) is 12.1. The zero-order valence-electron chi connectivity index (χ0n) is 10.9. The molecule has 1 nitrogen and oxygen atoms in total. The van der Waals surface area contributed by atoms with Crippen LogP contribution in [-0.2, 0) is 4.12 Å². The van der Waals surface area contributed by atoms with Gasteiger partial charge in [0.25, 0.3) is 0 Å². The van der Waals surface area contributed by atoms with Gasteiger partial charge in [0.05, 0.1) is 0 Å². The van der Waals surface area contributed by atoms with Crippen LogP contribution in [0.15, 0.2) is 24.6 Å². The van der Waals surface area contributed by atoms with Crippen molar-refractivity contribution in [1.29, 1.82) is 0 Å². The van der Waals surface area contributed by atoms with Crippen LogP contribution in [0.2, 0.25) is 11.1 Å². The van der Waals surface area contributed by atoms with Crippen molar-refractivity contribution in [2.45, 2.75) is 62.4 Å². The molecule has 0 aromatic carbocycles. The maximum atomic E-state index is 6.56. The highest BCUT2D eigenvalue weighted by Gasteiger charge is 2.31. The van der Waals surface area contributed by atoms with E-state index in [9.17, 15) is 0 Å². The van der Waals surface area contributed by atoms with Crippen molar-refractivity contribution >= 4 is 18.1 Å². The molecule has 2 aliphatic rings. The van der Waals surface area contributed by atoms with E-state index in [4.69, 9.17) is 4.12 Å². The monoisotopic (exact) mass is 266 g/mol. The number of hydrogen-bond acceptors (Lipinski definition) is 1. The highest BCUT2D eigenvalue weighted by Crippen LogP contribution is 2.37. The summed E-state index contributed by atoms with van der Waals surface area (Å²) in [4.78, 5) is 0. The molecule has 17 heavy (non-hydrogen) atoms. The smallest absolute Gasteiger partial charge is 0.190 e. The molecular formula is C14H26OSi2. The summed E-state index contributed by atoms with van der Waals surface area (Å²) in [5.74, 6) is 0. The molecule has 2 fully saturated rings. The van der Waals surface area contributed by atoms with Crippen molar-refractivity contribution in [3.05, 3.63) is 24.6 Å². The van der Waals surface area contributed by atoms with Crippen molar-refractivity contribution in [2.75, 3.05) is 0 Å². The van der Waals surface area contributed by atoms with Crippen LogP contribution in [0, 0.1) is 0 Å². The first-order chi connectivity index (χ1) is 8.35. The fourth-order valence-corrected chi connectivity index (χ4v) is 10.6. The summed E-state index contributed by atoms with van der Waals surface area (Å²) in [6.45, 7) is 8.09. The molecule has 0 aromatic rings. The standard InChI is InChI=1S/C14H26OSi2/c1-3-16(13-9-5-6-10-13)15-17(4-2)14-11-7-8-12-14/h3-4,13-14,16-17H,1-2,5-12H2. The van der Waals surface area contributed by atoms with Crippen LogP contribution in [0.25, 0.3) is 0 Å². The minimum absolute atomic E-state index is 0.879. The average Bonchev–Trinajstić information content (AvgIpc) is 3.03. The summed E-state index contributed by atoms with van der Waals surface area (Å²) < 4.78 is 6.56. The Kier molecular flexibility index (Phi) is 5.25. The van der Waals surface area contributed by atoms with E-state index < -0.39 is 18.1 Å². The molecule has 0 aromatic heterocycles. The normalized spacial score (nSPS) is 25.9. The van der Waals surface area contributed by atoms with Gasteiger partial charge in [0, 0.05) is 0 Å². The molecular weight excluding hydrogens is 240 g/mol. The van der Waals surface area contributed by atoms with E-state index in [0.717, 1.165) is 11.1 Å². The lowest BCUT2D eigenvalue weighted by atomic mass is 10.4. The van der Waals surface area contributed by atoms with Gasteiger partial charge in [-0.05, 0) is 11.1 Å². The number of hydrogen-bond donors (Lipinski definition) is 0. The lowest BCUT2D eigenvalue weighted by molar-refractivity contribution is 0.551. The van der Waals surface area contributed by atoms with Crippen LogP contribution in [-0.4, -0.2) is 18.1 Å². The number of rotatable bonds is 6. The molecule has 2 atom stereocenters. The van der Waals surface area contributed by atoms with E-state index in [-0.39, 0.29) is 0 Å². The van der Waals surface area contributed by atoms with E-state index in [1.807, 2.05) is 0 Å². The fraction of sp³-hybridized carbons (Fsp3) is 0.714. The second kappa shape index (κ2) is 6.71. The quantitative estimate of drug-likeness (QED) is 0.665. The summed E-state index contributed by atoms with van der Waals surface area (Å²) in [5.41, 5.74) is 6.13. The Morgan fingerprint density at radius 2 is 1.12 bits per heavy atom. The molecule has 2 saturated carbocycles. The third-order valence-corrected chi connectivity index (χ3v) is 11.1. The van der Waals surface area contributed by atoms with Crippen molar-refractivity contribution in [3.8, 4) is 0 Å². The molecule has 3 heteroatoms. The molecule has 0 radical (unpaired) electrons. The van der Waals surface area contributed by atoms with Crippen LogP contribution >= 0.6 is 0 Å². The van der Waals surface area contributed by atoms with Gasteiger partial charge in [-0.1, -0.05) is 62.8 Å². The summed E-state index contributed by atoms with van der Waals surface area (Å²) >= 11 is 0. The lowest BCUT2D eigenvalue weighted by Gasteiger charge is -2.26. The molecule has 0 spiro atoms. The van der Waals surface area contributed by atoms with E-state index >= 15 is 0 Å². The Morgan fingerprint density at radius 1 is 0.765 bits per heavy atom. The van der Waals surface area contributed by atoms with Crippen LogP contribution in [0.4, 0.5) is 0 Å². The van der Waals surface area contributed by atoms with Gasteiger partial charge in [-0.15, -0.1) is 13.2 Å². The third kappa shape index (κ3) is 3.42. The second-order valence-electron chi connectivity index (χ2n) is 5.63. The van der Waals surface area contributed by atoms with Gasteiger partial charge in [-0.2, -0.15) is 0 Å². The summed E-state index contributed by atoms with van der Waals surface area (Å²) in [7, 11) is -2.29. The maximum absolute atomic E-state index is 6.56. The van der Waals surface area contributed by atoms with Crippen molar-refractivity contribution in [1.82, 2.24) is 0 Å². The van der Waals surface area contributed by atoms with Crippen LogP contribution in [0.5, 0.6) is 0 Å². The predicted octanol–water partition coefficient (Wildman–Crippen LogP) is 3.79. The molecule has 96 valence electrons. The zero-order valence-corrected chi connectivity index (χ0v) is 13.3. The molecule has 0 bridgehead atoms. The van der Waals surface area contributed by atoms with Gasteiger partial charge < -0.3 is 4.12 Å². The average molecular weight is 267 g/mol. The minimum Gasteiger partial charge on any atom is -0.453 e. The van der Waals surface area contributed by atoms with Gasteiger partial charge in [-0.3, -0.25) is 0 Å². The molecule has 0 heterocycles. The highest BCUT2D eigenvalue weighted by atomic mass is 28.4. The summed E-state index contributed by atoms with van der Waals surface area (Å²) in [6.07, 6.45) is 11.2. The van der Waals surface area contributed by atoms with E-state index in [0.29, 0.717) is 0 Å². The van der Waals surface area contributed by atoms with Gasteiger partial charge in [0.15, 0.2) is 18.1 Å². The van der Waals surface area contributed by atoms with Crippen molar-refractivity contribution in [2.24, 2.45) is 0 Å². The Balaban J connectivity index is 1.90. The second-order valence-corrected chi connectivity index (χ2v) is 11.4. The Morgan fingerprint density at radius 3 is 1.41 bits per heavy atom. The molecule has 0 saturated heterocycles. The SMILES string of the molecule is C=C[SiH](O[SiH](C=C)C1CCCC1)C1CCCC1. The third-order valence-electron chi connectivity index (χ3n) is 4.51. The first kappa shape index (κ1) is 13.3. The van der Waals surface area contributed by atoms with Crippen molar-refractivity contribution < 1.29 is 4.12 Å². The van der Waals surface area contributed by atoms with Crippen molar-refractivity contribution in [3.63, 3.8) is 0 Å². The van der Waals surface area contributed by atoms with Crippen LogP contribution < -0.4 is 0 Å².